The van der Waals surface area contributed by atoms with Gasteiger partial charge in [-0.15, -0.1) is 0 Å². The van der Waals surface area contributed by atoms with Crippen LogP contribution < -0.4 is 5.32 Å². The lowest BCUT2D eigenvalue weighted by Crippen LogP contribution is -2.02. The molecule has 0 aromatic heterocycles. The van der Waals surface area contributed by atoms with Crippen LogP contribution >= 0.6 is 27.5 Å². The zero-order valence-electron chi connectivity index (χ0n) is 9.25. The molecule has 0 atom stereocenters. The average Bonchev–Trinajstić information content (AvgIpc) is 2.38. The van der Waals surface area contributed by atoms with Crippen molar-refractivity contribution in [2.45, 2.75) is 6.92 Å². The van der Waals surface area contributed by atoms with Crippen molar-refractivity contribution in [1.82, 2.24) is 0 Å². The first-order chi connectivity index (χ1) is 8.54. The van der Waals surface area contributed by atoms with Gasteiger partial charge in [-0.25, -0.2) is 0 Å². The van der Waals surface area contributed by atoms with Gasteiger partial charge in [-0.2, -0.15) is 15.8 Å². The fourth-order valence-corrected chi connectivity index (χ4v) is 1.80. The number of hydrogen-bond acceptors (Lipinski definition) is 4. The number of benzene rings is 1. The third-order valence-corrected chi connectivity index (χ3v) is 3.56. The third kappa shape index (κ3) is 2.81. The summed E-state index contributed by atoms with van der Waals surface area (Å²) in [6.45, 7) is 1.77. The molecule has 0 aliphatic rings. The molecule has 0 unspecified atom stereocenters. The van der Waals surface area contributed by atoms with E-state index >= 15 is 0 Å². The number of hydrogen-bond donors (Lipinski definition) is 1. The van der Waals surface area contributed by atoms with E-state index in [1.54, 1.807) is 37.3 Å². The van der Waals surface area contributed by atoms with Gasteiger partial charge in [0.2, 0.25) is 0 Å². The fourth-order valence-electron chi connectivity index (χ4n) is 1.21. The minimum Gasteiger partial charge on any atom is -0.345 e. The molecule has 0 fully saturated rings. The van der Waals surface area contributed by atoms with Crippen LogP contribution in [0.15, 0.2) is 27.9 Å². The van der Waals surface area contributed by atoms with E-state index in [0.717, 1.165) is 4.47 Å². The van der Waals surface area contributed by atoms with Crippen LogP contribution in [0.4, 0.5) is 5.69 Å². The number of rotatable bonds is 2. The van der Waals surface area contributed by atoms with E-state index in [1.165, 1.54) is 0 Å². The second-order valence-electron chi connectivity index (χ2n) is 3.24. The summed E-state index contributed by atoms with van der Waals surface area (Å²) in [5.41, 5.74) is 0.925. The SMILES string of the molecule is Cc1c(NC(C#N)=C(C#N)C#N)ccc(Br)c1Cl. The summed E-state index contributed by atoms with van der Waals surface area (Å²) in [6.07, 6.45) is 0. The van der Waals surface area contributed by atoms with Crippen LogP contribution in [0.2, 0.25) is 5.02 Å². The number of halogens is 2. The second kappa shape index (κ2) is 6.07. The summed E-state index contributed by atoms with van der Waals surface area (Å²) >= 11 is 9.32. The number of nitrogens with one attached hydrogen (secondary N) is 1. The molecule has 0 aliphatic carbocycles. The van der Waals surface area contributed by atoms with Crippen LogP contribution in [-0.4, -0.2) is 0 Å². The first-order valence-corrected chi connectivity index (χ1v) is 5.88. The smallest absolute Gasteiger partial charge is 0.163 e. The summed E-state index contributed by atoms with van der Waals surface area (Å²) in [5.74, 6) is 0. The predicted molar refractivity (Wildman–Crippen MR) is 71.4 cm³/mol. The van der Waals surface area contributed by atoms with E-state index < -0.39 is 0 Å². The molecule has 4 nitrogen and oxygen atoms in total. The van der Waals surface area contributed by atoms with E-state index in [2.05, 4.69) is 21.2 Å². The normalized spacial score (nSPS) is 8.67. The van der Waals surface area contributed by atoms with Gasteiger partial charge in [0.25, 0.3) is 0 Å². The van der Waals surface area contributed by atoms with Crippen LogP contribution in [0.25, 0.3) is 0 Å². The first kappa shape index (κ1) is 14.1. The Morgan fingerprint density at radius 1 is 1.22 bits per heavy atom. The maximum absolute atomic E-state index is 8.92. The zero-order valence-corrected chi connectivity index (χ0v) is 11.6. The monoisotopic (exact) mass is 320 g/mol. The van der Waals surface area contributed by atoms with E-state index in [-0.39, 0.29) is 11.3 Å². The molecule has 1 N–H and O–H groups in total. The Morgan fingerprint density at radius 2 is 1.83 bits per heavy atom. The first-order valence-electron chi connectivity index (χ1n) is 4.71. The van der Waals surface area contributed by atoms with Crippen LogP contribution in [0.1, 0.15) is 5.56 Å². The van der Waals surface area contributed by atoms with E-state index in [9.17, 15) is 0 Å². The van der Waals surface area contributed by atoms with Gasteiger partial charge in [0.05, 0.1) is 5.02 Å². The molecule has 0 saturated heterocycles. The summed E-state index contributed by atoms with van der Waals surface area (Å²) in [4.78, 5) is 0. The van der Waals surface area contributed by atoms with Gasteiger partial charge in [-0.3, -0.25) is 0 Å². The van der Waals surface area contributed by atoms with Gasteiger partial charge in [0.1, 0.15) is 23.9 Å². The molecule has 0 amide bonds. The van der Waals surface area contributed by atoms with Crippen molar-refractivity contribution < 1.29 is 0 Å². The predicted octanol–water partition coefficient (Wildman–Crippen LogP) is 3.65. The topological polar surface area (TPSA) is 83.4 Å². The lowest BCUT2D eigenvalue weighted by molar-refractivity contribution is 1.34. The standard InChI is InChI=1S/C12H6BrClN4/c1-7-10(3-2-9(13)12(7)14)18-11(6-17)8(4-15)5-16/h2-3,18H,1H3. The molecule has 0 heterocycles. The van der Waals surface area contributed by atoms with E-state index in [1.807, 2.05) is 0 Å². The molecule has 0 radical (unpaired) electrons. The lowest BCUT2D eigenvalue weighted by Gasteiger charge is -2.10. The minimum absolute atomic E-state index is 0.0958. The van der Waals surface area contributed by atoms with Gasteiger partial charge >= 0.3 is 0 Å². The van der Waals surface area contributed by atoms with Crippen molar-refractivity contribution in [3.8, 4) is 18.2 Å². The van der Waals surface area contributed by atoms with Gasteiger partial charge in [-0.05, 0) is 40.5 Å². The number of anilines is 1. The highest BCUT2D eigenvalue weighted by atomic mass is 79.9. The summed E-state index contributed by atoms with van der Waals surface area (Å²) in [7, 11) is 0. The molecule has 0 aliphatic heterocycles. The number of nitrogens with zero attached hydrogens (tertiary/aromatic N) is 3. The molecule has 0 bridgehead atoms. The molecule has 1 rings (SSSR count). The Hall–Kier alpha value is -2.00. The molecule has 88 valence electrons. The Bertz CT molecular complexity index is 628. The van der Waals surface area contributed by atoms with E-state index in [4.69, 9.17) is 27.4 Å². The van der Waals surface area contributed by atoms with Crippen molar-refractivity contribution >= 4 is 33.2 Å². The number of nitriles is 3. The maximum Gasteiger partial charge on any atom is 0.163 e. The largest absolute Gasteiger partial charge is 0.345 e. The molecule has 1 aromatic carbocycles. The molecular weight excluding hydrogens is 316 g/mol. The fraction of sp³-hybridized carbons (Fsp3) is 0.0833. The summed E-state index contributed by atoms with van der Waals surface area (Å²) in [6, 6.07) is 8.52. The second-order valence-corrected chi connectivity index (χ2v) is 4.48. The van der Waals surface area contributed by atoms with Crippen molar-refractivity contribution in [2.24, 2.45) is 0 Å². The molecule has 1 aromatic rings. The maximum atomic E-state index is 8.92. The third-order valence-electron chi connectivity index (χ3n) is 2.18. The number of allylic oxidation sites excluding steroid dienone is 2. The van der Waals surface area contributed by atoms with E-state index in [0.29, 0.717) is 16.3 Å². The quantitative estimate of drug-likeness (QED) is 0.843. The highest BCUT2D eigenvalue weighted by Crippen LogP contribution is 2.31. The Balaban J connectivity index is 3.26. The Labute approximate surface area is 118 Å². The van der Waals surface area contributed by atoms with Crippen molar-refractivity contribution in [3.05, 3.63) is 38.5 Å². The summed E-state index contributed by atoms with van der Waals surface area (Å²) < 4.78 is 0.732. The molecule has 0 saturated carbocycles. The van der Waals surface area contributed by atoms with Gasteiger partial charge in [0.15, 0.2) is 5.57 Å². The lowest BCUT2D eigenvalue weighted by atomic mass is 10.1. The van der Waals surface area contributed by atoms with Crippen LogP contribution in [0.3, 0.4) is 0 Å². The average molecular weight is 322 g/mol. The van der Waals surface area contributed by atoms with Crippen LogP contribution in [0, 0.1) is 40.9 Å². The van der Waals surface area contributed by atoms with Crippen LogP contribution in [0.5, 0.6) is 0 Å². The summed E-state index contributed by atoms with van der Waals surface area (Å²) in [5, 5.41) is 29.6. The highest BCUT2D eigenvalue weighted by Gasteiger charge is 2.10. The van der Waals surface area contributed by atoms with Gasteiger partial charge in [-0.1, -0.05) is 11.6 Å². The minimum atomic E-state index is -0.268. The van der Waals surface area contributed by atoms with Crippen molar-refractivity contribution in [3.63, 3.8) is 0 Å². The van der Waals surface area contributed by atoms with Gasteiger partial charge < -0.3 is 5.32 Å². The molecule has 0 spiro atoms. The van der Waals surface area contributed by atoms with Crippen molar-refractivity contribution in [2.75, 3.05) is 5.32 Å². The Kier molecular flexibility index (Phi) is 4.75. The van der Waals surface area contributed by atoms with Gasteiger partial charge in [0, 0.05) is 10.2 Å². The zero-order chi connectivity index (χ0) is 13.7. The van der Waals surface area contributed by atoms with Crippen molar-refractivity contribution in [1.29, 1.82) is 15.8 Å². The Morgan fingerprint density at radius 3 is 2.33 bits per heavy atom. The molecular formula is C12H6BrClN4. The highest BCUT2D eigenvalue weighted by molar-refractivity contribution is 9.10. The molecule has 18 heavy (non-hydrogen) atoms. The van der Waals surface area contributed by atoms with Crippen LogP contribution in [-0.2, 0) is 0 Å². The molecule has 6 heteroatoms.